The summed E-state index contributed by atoms with van der Waals surface area (Å²) in [5.74, 6) is -2.71. The predicted octanol–water partition coefficient (Wildman–Crippen LogP) is -0.414. The minimum Gasteiger partial charge on any atom is -0.465 e. The largest absolute Gasteiger partial charge is 0.465 e. The van der Waals surface area contributed by atoms with Crippen LogP contribution in [-0.2, 0) is 47.7 Å². The Labute approximate surface area is 152 Å². The second kappa shape index (κ2) is 8.19. The first kappa shape index (κ1) is 21.1. The molecule has 0 N–H and O–H groups in total. The van der Waals surface area contributed by atoms with Gasteiger partial charge in [-0.2, -0.15) is 16.8 Å². The molecule has 2 saturated heterocycles. The number of hydrogen-bond acceptors (Lipinski definition) is 10. The van der Waals surface area contributed by atoms with Crippen LogP contribution in [0.5, 0.6) is 0 Å². The fourth-order valence-corrected chi connectivity index (χ4v) is 4.63. The molecule has 0 saturated carbocycles. The molecule has 0 radical (unpaired) electrons. The van der Waals surface area contributed by atoms with E-state index in [-0.39, 0.29) is 32.8 Å². The summed E-state index contributed by atoms with van der Waals surface area (Å²) >= 11 is 0. The van der Waals surface area contributed by atoms with E-state index in [1.807, 2.05) is 0 Å². The average molecular weight is 414 g/mol. The van der Waals surface area contributed by atoms with Gasteiger partial charge < -0.3 is 9.47 Å². The lowest BCUT2D eigenvalue weighted by Gasteiger charge is -2.18. The zero-order valence-electron chi connectivity index (χ0n) is 14.3. The minimum absolute atomic E-state index is 0.211. The third kappa shape index (κ3) is 5.89. The highest BCUT2D eigenvalue weighted by Crippen LogP contribution is 2.30. The quantitative estimate of drug-likeness (QED) is 0.342. The predicted molar refractivity (Wildman–Crippen MR) is 86.8 cm³/mol. The molecule has 10 nitrogen and oxygen atoms in total. The number of esters is 2. The van der Waals surface area contributed by atoms with Crippen LogP contribution in [0.1, 0.15) is 26.2 Å². The lowest BCUT2D eigenvalue weighted by Crippen LogP contribution is -2.30. The summed E-state index contributed by atoms with van der Waals surface area (Å²) in [7, 11) is -7.96. The smallest absolute Gasteiger partial charge is 0.314 e. The van der Waals surface area contributed by atoms with Crippen LogP contribution in [-0.4, -0.2) is 66.7 Å². The Morgan fingerprint density at radius 3 is 2.23 bits per heavy atom. The van der Waals surface area contributed by atoms with Gasteiger partial charge in [0, 0.05) is 0 Å². The summed E-state index contributed by atoms with van der Waals surface area (Å²) in [4.78, 5) is 22.8. The van der Waals surface area contributed by atoms with Crippen LogP contribution in [0.25, 0.3) is 0 Å². The molecule has 2 fully saturated rings. The molecule has 26 heavy (non-hydrogen) atoms. The van der Waals surface area contributed by atoms with Gasteiger partial charge in [0.2, 0.25) is 0 Å². The van der Waals surface area contributed by atoms with E-state index in [4.69, 9.17) is 17.8 Å². The molecule has 12 heteroatoms. The molecule has 2 rings (SSSR count). The van der Waals surface area contributed by atoms with Crippen LogP contribution >= 0.6 is 0 Å². The van der Waals surface area contributed by atoms with E-state index in [0.29, 0.717) is 12.8 Å². The van der Waals surface area contributed by atoms with Crippen LogP contribution in [0.2, 0.25) is 0 Å². The van der Waals surface area contributed by atoms with E-state index in [9.17, 15) is 26.4 Å². The van der Waals surface area contributed by atoms with E-state index in [1.54, 1.807) is 6.92 Å². The Bertz CT molecular complexity index is 742. The van der Waals surface area contributed by atoms with Crippen LogP contribution in [0, 0.1) is 11.3 Å². The van der Waals surface area contributed by atoms with Crippen molar-refractivity contribution in [3.05, 3.63) is 0 Å². The van der Waals surface area contributed by atoms with Crippen molar-refractivity contribution in [1.29, 1.82) is 0 Å². The fourth-order valence-electron chi connectivity index (χ4n) is 2.40. The fraction of sp³-hybridized carbons (Fsp3) is 0.857. The molecule has 2 unspecified atom stereocenters. The molecule has 0 amide bonds. The third-order valence-electron chi connectivity index (χ3n) is 4.22. The Kier molecular flexibility index (Phi) is 6.64. The van der Waals surface area contributed by atoms with Crippen molar-refractivity contribution in [2.45, 2.75) is 26.2 Å². The van der Waals surface area contributed by atoms with Crippen LogP contribution in [0.15, 0.2) is 0 Å². The van der Waals surface area contributed by atoms with E-state index >= 15 is 0 Å². The van der Waals surface area contributed by atoms with Gasteiger partial charge in [-0.25, -0.2) is 0 Å². The highest BCUT2D eigenvalue weighted by Gasteiger charge is 2.41. The van der Waals surface area contributed by atoms with Crippen molar-refractivity contribution < 1.29 is 44.3 Å². The normalized spacial score (nSPS) is 26.7. The van der Waals surface area contributed by atoms with Crippen molar-refractivity contribution in [1.82, 2.24) is 0 Å². The molecule has 0 aromatic rings. The topological polar surface area (TPSA) is 139 Å². The number of ether oxygens (including phenoxy) is 2. The number of cyclic esters (lactones) is 2. The molecule has 2 atom stereocenters. The van der Waals surface area contributed by atoms with Gasteiger partial charge in [-0.15, -0.1) is 0 Å². The highest BCUT2D eigenvalue weighted by molar-refractivity contribution is 7.87. The summed E-state index contributed by atoms with van der Waals surface area (Å²) in [6, 6.07) is 0. The number of rotatable bonds is 10. The highest BCUT2D eigenvalue weighted by atomic mass is 32.2. The van der Waals surface area contributed by atoms with Gasteiger partial charge in [-0.3, -0.25) is 18.0 Å². The van der Waals surface area contributed by atoms with Gasteiger partial charge in [0.1, 0.15) is 0 Å². The van der Waals surface area contributed by atoms with Gasteiger partial charge in [0.05, 0.1) is 49.3 Å². The zero-order valence-corrected chi connectivity index (χ0v) is 16.0. The molecular weight excluding hydrogens is 392 g/mol. The second-order valence-corrected chi connectivity index (χ2v) is 10.0. The van der Waals surface area contributed by atoms with Crippen LogP contribution in [0.4, 0.5) is 0 Å². The summed E-state index contributed by atoms with van der Waals surface area (Å²) in [5.41, 5.74) is -1.02. The zero-order chi connectivity index (χ0) is 19.4. The van der Waals surface area contributed by atoms with E-state index < -0.39 is 55.0 Å². The van der Waals surface area contributed by atoms with Crippen molar-refractivity contribution in [2.75, 3.05) is 37.9 Å². The maximum Gasteiger partial charge on any atom is 0.314 e. The SMILES string of the molecule is CC1(COS(=O)(=O)CCCS(=O)(=O)OCC2CCOC2=O)CCOC1=O. The van der Waals surface area contributed by atoms with Crippen LogP contribution < -0.4 is 0 Å². The molecule has 0 aliphatic carbocycles. The molecule has 2 aliphatic rings. The Hall–Kier alpha value is -1.24. The van der Waals surface area contributed by atoms with Gasteiger partial charge in [-0.05, 0) is 26.2 Å². The van der Waals surface area contributed by atoms with Crippen molar-refractivity contribution >= 4 is 32.2 Å². The van der Waals surface area contributed by atoms with Gasteiger partial charge in [0.25, 0.3) is 20.2 Å². The van der Waals surface area contributed by atoms with Crippen molar-refractivity contribution in [3.8, 4) is 0 Å². The first-order valence-corrected chi connectivity index (χ1v) is 11.3. The lowest BCUT2D eigenvalue weighted by molar-refractivity contribution is -0.146. The van der Waals surface area contributed by atoms with Gasteiger partial charge in [0.15, 0.2) is 0 Å². The van der Waals surface area contributed by atoms with E-state index in [1.165, 1.54) is 0 Å². The first-order chi connectivity index (χ1) is 12.0. The molecule has 0 aromatic carbocycles. The summed E-state index contributed by atoms with van der Waals surface area (Å²) in [6.45, 7) is 1.33. The van der Waals surface area contributed by atoms with Crippen molar-refractivity contribution in [2.24, 2.45) is 11.3 Å². The molecule has 150 valence electrons. The standard InChI is InChI=1S/C14H22O10S2/c1-14(4-6-22-13(14)16)10-24-26(19,20)8-2-7-25(17,18)23-9-11-3-5-21-12(11)15/h11H,2-10H2,1H3. The minimum atomic E-state index is -3.99. The monoisotopic (exact) mass is 414 g/mol. The number of carbonyl (C=O) groups excluding carboxylic acids is 2. The summed E-state index contributed by atoms with van der Waals surface area (Å²) < 4.78 is 66.3. The Balaban J connectivity index is 1.72. The van der Waals surface area contributed by atoms with Gasteiger partial charge in [-0.1, -0.05) is 0 Å². The van der Waals surface area contributed by atoms with Crippen LogP contribution in [0.3, 0.4) is 0 Å². The summed E-state index contributed by atoms with van der Waals surface area (Å²) in [5, 5.41) is 0. The molecule has 2 heterocycles. The molecular formula is C14H22O10S2. The Morgan fingerprint density at radius 1 is 1.04 bits per heavy atom. The Morgan fingerprint density at radius 2 is 1.69 bits per heavy atom. The maximum absolute atomic E-state index is 11.9. The molecule has 0 spiro atoms. The van der Waals surface area contributed by atoms with E-state index in [2.05, 4.69) is 0 Å². The number of hydrogen-bond donors (Lipinski definition) is 0. The van der Waals surface area contributed by atoms with Gasteiger partial charge >= 0.3 is 11.9 Å². The average Bonchev–Trinajstić information content (AvgIpc) is 3.10. The number of carbonyl (C=O) groups is 2. The summed E-state index contributed by atoms with van der Waals surface area (Å²) in [6.07, 6.45) is 0.506. The molecule has 2 aliphatic heterocycles. The lowest BCUT2D eigenvalue weighted by atomic mass is 9.91. The van der Waals surface area contributed by atoms with E-state index in [0.717, 1.165) is 0 Å². The van der Waals surface area contributed by atoms with Crippen molar-refractivity contribution in [3.63, 3.8) is 0 Å². The first-order valence-electron chi connectivity index (χ1n) is 8.11. The second-order valence-electron chi connectivity index (χ2n) is 6.52. The third-order valence-corrected chi connectivity index (χ3v) is 6.77. The molecule has 0 aromatic heterocycles. The molecule has 0 bridgehead atoms. The maximum atomic E-state index is 11.9.